The van der Waals surface area contributed by atoms with Gasteiger partial charge in [-0.15, -0.1) is 0 Å². The number of rotatable bonds is 4. The van der Waals surface area contributed by atoms with E-state index < -0.39 is 10.0 Å². The molecule has 0 saturated carbocycles. The lowest BCUT2D eigenvalue weighted by molar-refractivity contribution is 0.102. The molecular weight excluding hydrogens is 463 g/mol. The Morgan fingerprint density at radius 3 is 2.46 bits per heavy atom. The van der Waals surface area contributed by atoms with Gasteiger partial charge in [0.05, 0.1) is 10.6 Å². The molecule has 1 aliphatic rings. The summed E-state index contributed by atoms with van der Waals surface area (Å²) in [4.78, 5) is 12.8. The lowest BCUT2D eigenvalue weighted by Crippen LogP contribution is -2.36. The number of nitrogens with zero attached hydrogens (tertiary/aromatic N) is 1. The number of piperidine rings is 1. The Morgan fingerprint density at radius 2 is 1.77 bits per heavy atom. The third kappa shape index (κ3) is 4.10. The Morgan fingerprint density at radius 1 is 1.08 bits per heavy atom. The maximum Gasteiger partial charge on any atom is 0.255 e. The van der Waals surface area contributed by atoms with E-state index in [9.17, 15) is 13.2 Å². The van der Waals surface area contributed by atoms with E-state index in [4.69, 9.17) is 0 Å². The number of benzene rings is 2. The van der Waals surface area contributed by atoms with Crippen molar-refractivity contribution in [1.29, 1.82) is 0 Å². The number of hydrogen-bond acceptors (Lipinski definition) is 3. The molecule has 1 fully saturated rings. The summed E-state index contributed by atoms with van der Waals surface area (Å²) in [5.74, 6) is -0.316. The highest BCUT2D eigenvalue weighted by molar-refractivity contribution is 14.1. The number of anilines is 1. The van der Waals surface area contributed by atoms with E-state index in [-0.39, 0.29) is 10.8 Å². The Labute approximate surface area is 168 Å². The van der Waals surface area contributed by atoms with Crippen LogP contribution < -0.4 is 5.32 Å². The van der Waals surface area contributed by atoms with E-state index in [1.165, 1.54) is 10.4 Å². The fourth-order valence-corrected chi connectivity index (χ4v) is 5.31. The number of aryl methyl sites for hydroxylation is 1. The predicted molar refractivity (Wildman–Crippen MR) is 111 cm³/mol. The summed E-state index contributed by atoms with van der Waals surface area (Å²) in [7, 11) is -3.58. The van der Waals surface area contributed by atoms with Gasteiger partial charge >= 0.3 is 0 Å². The molecular formula is C19H21IN2O3S. The van der Waals surface area contributed by atoms with Crippen LogP contribution in [0.1, 0.15) is 35.2 Å². The van der Waals surface area contributed by atoms with Crippen molar-refractivity contribution < 1.29 is 13.2 Å². The van der Waals surface area contributed by atoms with Crippen LogP contribution in [-0.2, 0) is 10.0 Å². The highest BCUT2D eigenvalue weighted by Gasteiger charge is 2.28. The highest BCUT2D eigenvalue weighted by Crippen LogP contribution is 2.25. The molecule has 2 aromatic carbocycles. The van der Waals surface area contributed by atoms with Crippen molar-refractivity contribution in [2.75, 3.05) is 18.4 Å². The zero-order valence-electron chi connectivity index (χ0n) is 14.5. The second kappa shape index (κ2) is 8.06. The summed E-state index contributed by atoms with van der Waals surface area (Å²) >= 11 is 2.15. The molecule has 5 nitrogen and oxygen atoms in total. The summed E-state index contributed by atoms with van der Waals surface area (Å²) in [5, 5.41) is 2.85. The largest absolute Gasteiger partial charge is 0.321 e. The number of halogens is 1. The van der Waals surface area contributed by atoms with Gasteiger partial charge in [-0.1, -0.05) is 24.6 Å². The van der Waals surface area contributed by atoms with Crippen molar-refractivity contribution in [3.8, 4) is 0 Å². The van der Waals surface area contributed by atoms with Gasteiger partial charge in [0.1, 0.15) is 0 Å². The van der Waals surface area contributed by atoms with Crippen LogP contribution in [0.4, 0.5) is 5.69 Å². The van der Waals surface area contributed by atoms with Gasteiger partial charge in [0.2, 0.25) is 10.0 Å². The van der Waals surface area contributed by atoms with Crippen LogP contribution in [0.3, 0.4) is 0 Å². The number of amides is 1. The van der Waals surface area contributed by atoms with Crippen molar-refractivity contribution in [3.63, 3.8) is 0 Å². The molecule has 0 spiro atoms. The molecule has 7 heteroatoms. The molecule has 1 N–H and O–H groups in total. The minimum absolute atomic E-state index is 0.217. The van der Waals surface area contributed by atoms with Crippen LogP contribution in [0, 0.1) is 10.5 Å². The third-order valence-corrected chi connectivity index (χ3v) is 7.49. The van der Waals surface area contributed by atoms with Gasteiger partial charge < -0.3 is 5.32 Å². The van der Waals surface area contributed by atoms with E-state index in [0.717, 1.165) is 22.8 Å². The van der Waals surface area contributed by atoms with Gasteiger partial charge in [-0.05, 0) is 72.2 Å². The Balaban J connectivity index is 1.90. The zero-order chi connectivity index (χ0) is 18.7. The van der Waals surface area contributed by atoms with Crippen molar-refractivity contribution in [2.24, 2.45) is 0 Å². The van der Waals surface area contributed by atoms with E-state index in [1.807, 2.05) is 24.3 Å². The first kappa shape index (κ1) is 19.3. The molecule has 0 radical (unpaired) electrons. The average molecular weight is 484 g/mol. The van der Waals surface area contributed by atoms with Crippen LogP contribution in [0.25, 0.3) is 0 Å². The molecule has 1 aliphatic heterocycles. The second-order valence-electron chi connectivity index (χ2n) is 6.38. The van der Waals surface area contributed by atoms with Gasteiger partial charge in [0.25, 0.3) is 5.91 Å². The summed E-state index contributed by atoms with van der Waals surface area (Å²) in [6.45, 7) is 2.85. The number of nitrogens with one attached hydrogen (secondary N) is 1. The molecule has 2 aromatic rings. The van der Waals surface area contributed by atoms with Gasteiger partial charge in [-0.3, -0.25) is 4.79 Å². The number of sulfonamides is 1. The zero-order valence-corrected chi connectivity index (χ0v) is 17.5. The molecule has 0 unspecified atom stereocenters. The van der Waals surface area contributed by atoms with Crippen LogP contribution in [0.2, 0.25) is 0 Å². The van der Waals surface area contributed by atoms with E-state index in [1.54, 1.807) is 19.1 Å². The number of hydrogen-bond donors (Lipinski definition) is 1. The lowest BCUT2D eigenvalue weighted by Gasteiger charge is -2.26. The third-order valence-electron chi connectivity index (χ3n) is 4.51. The van der Waals surface area contributed by atoms with E-state index in [2.05, 4.69) is 27.9 Å². The molecule has 3 rings (SSSR count). The summed E-state index contributed by atoms with van der Waals surface area (Å²) in [5.41, 5.74) is 1.70. The van der Waals surface area contributed by atoms with Gasteiger partial charge in [-0.2, -0.15) is 4.31 Å². The Bertz CT molecular complexity index is 922. The van der Waals surface area contributed by atoms with Gasteiger partial charge in [-0.25, -0.2) is 8.42 Å². The Hall–Kier alpha value is -1.45. The standard InChI is InChI=1S/C19H21IN2O3S/c1-14-9-10-15(19(23)21-17-8-4-3-7-16(17)20)13-18(14)26(24,25)22-11-5-2-6-12-22/h3-4,7-10,13H,2,5-6,11-12H2,1H3,(H,21,23). The molecule has 26 heavy (non-hydrogen) atoms. The van der Waals surface area contributed by atoms with Crippen LogP contribution in [0.15, 0.2) is 47.4 Å². The topological polar surface area (TPSA) is 66.5 Å². The summed E-state index contributed by atoms with van der Waals surface area (Å²) in [6, 6.07) is 12.3. The molecule has 0 bridgehead atoms. The molecule has 0 aromatic heterocycles. The van der Waals surface area contributed by atoms with Crippen LogP contribution >= 0.6 is 22.6 Å². The first-order chi connectivity index (χ1) is 12.4. The molecule has 1 amide bonds. The van der Waals surface area contributed by atoms with Gasteiger partial charge in [0.15, 0.2) is 0 Å². The predicted octanol–water partition coefficient (Wildman–Crippen LogP) is 4.03. The molecule has 0 atom stereocenters. The van der Waals surface area contributed by atoms with Crippen molar-refractivity contribution in [2.45, 2.75) is 31.1 Å². The summed E-state index contributed by atoms with van der Waals surface area (Å²) in [6.07, 6.45) is 2.82. The quantitative estimate of drug-likeness (QED) is 0.667. The monoisotopic (exact) mass is 484 g/mol. The van der Waals surface area contributed by atoms with E-state index in [0.29, 0.717) is 29.9 Å². The molecule has 138 valence electrons. The molecule has 0 aliphatic carbocycles. The smallest absolute Gasteiger partial charge is 0.255 e. The minimum atomic E-state index is -3.58. The van der Waals surface area contributed by atoms with Gasteiger partial charge in [0, 0.05) is 22.2 Å². The first-order valence-electron chi connectivity index (χ1n) is 8.56. The van der Waals surface area contributed by atoms with Crippen molar-refractivity contribution in [1.82, 2.24) is 4.31 Å². The fourth-order valence-electron chi connectivity index (χ4n) is 3.02. The minimum Gasteiger partial charge on any atom is -0.321 e. The number of para-hydroxylation sites is 1. The molecule has 1 saturated heterocycles. The van der Waals surface area contributed by atoms with Crippen molar-refractivity contribution in [3.05, 3.63) is 57.2 Å². The second-order valence-corrected chi connectivity index (χ2v) is 9.45. The lowest BCUT2D eigenvalue weighted by atomic mass is 10.1. The average Bonchev–Trinajstić information content (AvgIpc) is 2.64. The van der Waals surface area contributed by atoms with Crippen LogP contribution in [-0.4, -0.2) is 31.7 Å². The maximum atomic E-state index is 13.0. The van der Waals surface area contributed by atoms with E-state index >= 15 is 0 Å². The van der Waals surface area contributed by atoms with Crippen LogP contribution in [0.5, 0.6) is 0 Å². The normalized spacial score (nSPS) is 15.6. The first-order valence-corrected chi connectivity index (χ1v) is 11.1. The fraction of sp³-hybridized carbons (Fsp3) is 0.316. The highest BCUT2D eigenvalue weighted by atomic mass is 127. The number of carbonyl (C=O) groups is 1. The maximum absolute atomic E-state index is 13.0. The molecule has 1 heterocycles. The SMILES string of the molecule is Cc1ccc(C(=O)Nc2ccccc2I)cc1S(=O)(=O)N1CCCCC1. The summed E-state index contributed by atoms with van der Waals surface area (Å²) < 4.78 is 28.4. The number of carbonyl (C=O) groups excluding carboxylic acids is 1. The Kier molecular flexibility index (Phi) is 5.99. The van der Waals surface area contributed by atoms with Crippen molar-refractivity contribution >= 4 is 44.2 Å².